The summed E-state index contributed by atoms with van der Waals surface area (Å²) in [7, 11) is 3.22. The van der Waals surface area contributed by atoms with E-state index in [9.17, 15) is 9.59 Å². The molecule has 0 aliphatic carbocycles. The molecule has 0 bridgehead atoms. The Morgan fingerprint density at radius 1 is 1.04 bits per heavy atom. The van der Waals surface area contributed by atoms with E-state index in [4.69, 9.17) is 5.26 Å². The van der Waals surface area contributed by atoms with Crippen LogP contribution in [0.1, 0.15) is 22.3 Å². The average Bonchev–Trinajstić information content (AvgIpc) is 2.64. The normalized spacial score (nSPS) is 10.8. The molecule has 0 aliphatic heterocycles. The number of anilines is 1. The highest BCUT2D eigenvalue weighted by Gasteiger charge is 2.20. The first-order valence-electron chi connectivity index (χ1n) is 8.12. The summed E-state index contributed by atoms with van der Waals surface area (Å²) in [6, 6.07) is 14.7. The average molecular weight is 347 g/mol. The van der Waals surface area contributed by atoms with Crippen molar-refractivity contribution in [1.82, 2.24) is 4.90 Å². The number of likely N-dealkylation sites (N-methyl/N-ethyl adjacent to an activating group) is 2. The van der Waals surface area contributed by atoms with Crippen LogP contribution >= 0.6 is 0 Å². The van der Waals surface area contributed by atoms with Crippen LogP contribution < -0.4 is 4.90 Å². The maximum absolute atomic E-state index is 13.0. The standard InChI is InChI=1S/C21H21N3O2/c1-15-9-16(2)11-19(10-15)24(4)21(26)20(23(3)14-25)12-17-5-7-18(13-22)8-6-17/h5-12,14H,1-4H3/b20-12+. The molecular weight excluding hydrogens is 326 g/mol. The molecule has 132 valence electrons. The molecule has 2 rings (SSSR count). The second kappa shape index (κ2) is 8.13. The van der Waals surface area contributed by atoms with Crippen LogP contribution in [0, 0.1) is 25.2 Å². The van der Waals surface area contributed by atoms with E-state index in [-0.39, 0.29) is 11.6 Å². The van der Waals surface area contributed by atoms with Crippen molar-refractivity contribution in [1.29, 1.82) is 5.26 Å². The molecule has 2 aromatic rings. The lowest BCUT2D eigenvalue weighted by Crippen LogP contribution is -2.34. The Labute approximate surface area is 153 Å². The van der Waals surface area contributed by atoms with Gasteiger partial charge in [-0.05, 0) is 60.9 Å². The van der Waals surface area contributed by atoms with Crippen molar-refractivity contribution in [3.05, 3.63) is 70.4 Å². The third-order valence-electron chi connectivity index (χ3n) is 4.00. The summed E-state index contributed by atoms with van der Waals surface area (Å²) in [6.07, 6.45) is 2.24. The lowest BCUT2D eigenvalue weighted by molar-refractivity contribution is -0.121. The van der Waals surface area contributed by atoms with Crippen LogP contribution in [0.4, 0.5) is 5.69 Å². The topological polar surface area (TPSA) is 64.4 Å². The molecule has 0 atom stereocenters. The Morgan fingerprint density at radius 2 is 1.62 bits per heavy atom. The van der Waals surface area contributed by atoms with E-state index in [2.05, 4.69) is 6.07 Å². The lowest BCUT2D eigenvalue weighted by atomic mass is 10.1. The van der Waals surface area contributed by atoms with Crippen LogP contribution in [0.2, 0.25) is 0 Å². The fourth-order valence-electron chi connectivity index (χ4n) is 2.62. The van der Waals surface area contributed by atoms with E-state index in [1.807, 2.05) is 32.0 Å². The molecule has 0 saturated heterocycles. The fourth-order valence-corrected chi connectivity index (χ4v) is 2.62. The van der Waals surface area contributed by atoms with Gasteiger partial charge in [0.05, 0.1) is 11.6 Å². The number of nitriles is 1. The molecule has 2 amide bonds. The van der Waals surface area contributed by atoms with Crippen molar-refractivity contribution >= 4 is 24.1 Å². The van der Waals surface area contributed by atoms with E-state index < -0.39 is 0 Å². The first kappa shape index (κ1) is 18.9. The highest BCUT2D eigenvalue weighted by atomic mass is 16.2. The minimum atomic E-state index is -0.297. The summed E-state index contributed by atoms with van der Waals surface area (Å²) in [5.74, 6) is -0.297. The van der Waals surface area contributed by atoms with Gasteiger partial charge in [-0.2, -0.15) is 5.26 Å². The minimum absolute atomic E-state index is 0.242. The largest absolute Gasteiger partial charge is 0.313 e. The molecule has 0 fully saturated rings. The van der Waals surface area contributed by atoms with E-state index >= 15 is 0 Å². The van der Waals surface area contributed by atoms with Crippen LogP contribution in [-0.4, -0.2) is 31.3 Å². The van der Waals surface area contributed by atoms with Gasteiger partial charge in [-0.3, -0.25) is 9.59 Å². The zero-order valence-electron chi connectivity index (χ0n) is 15.4. The summed E-state index contributed by atoms with van der Waals surface area (Å²) >= 11 is 0. The van der Waals surface area contributed by atoms with Crippen molar-refractivity contribution in [2.75, 3.05) is 19.0 Å². The number of hydrogen-bond acceptors (Lipinski definition) is 3. The van der Waals surface area contributed by atoms with Crippen molar-refractivity contribution in [2.24, 2.45) is 0 Å². The SMILES string of the molecule is Cc1cc(C)cc(N(C)C(=O)/C(=C\c2ccc(C#N)cc2)N(C)C=O)c1. The van der Waals surface area contributed by atoms with E-state index in [1.165, 1.54) is 16.8 Å². The first-order valence-corrected chi connectivity index (χ1v) is 8.12. The molecule has 0 radical (unpaired) electrons. The van der Waals surface area contributed by atoms with Crippen LogP contribution in [0.5, 0.6) is 0 Å². The molecule has 0 heterocycles. The highest BCUT2D eigenvalue weighted by Crippen LogP contribution is 2.21. The first-order chi connectivity index (χ1) is 12.3. The molecule has 5 nitrogen and oxygen atoms in total. The van der Waals surface area contributed by atoms with E-state index in [0.717, 1.165) is 22.4 Å². The molecule has 26 heavy (non-hydrogen) atoms. The van der Waals surface area contributed by atoms with Gasteiger partial charge in [0.25, 0.3) is 5.91 Å². The summed E-state index contributed by atoms with van der Waals surface area (Å²) in [5.41, 5.74) is 4.38. The monoisotopic (exact) mass is 347 g/mol. The Bertz CT molecular complexity index is 872. The van der Waals surface area contributed by atoms with Crippen LogP contribution in [0.3, 0.4) is 0 Å². The van der Waals surface area contributed by atoms with Crippen LogP contribution in [-0.2, 0) is 9.59 Å². The molecule has 0 N–H and O–H groups in total. The summed E-state index contributed by atoms with van der Waals surface area (Å²) in [4.78, 5) is 27.1. The highest BCUT2D eigenvalue weighted by molar-refractivity contribution is 6.08. The van der Waals surface area contributed by atoms with Gasteiger partial charge in [0.1, 0.15) is 5.70 Å². The van der Waals surface area contributed by atoms with E-state index in [0.29, 0.717) is 12.0 Å². The molecule has 5 heteroatoms. The number of rotatable bonds is 5. The van der Waals surface area contributed by atoms with E-state index in [1.54, 1.807) is 37.4 Å². The van der Waals surface area contributed by atoms with Gasteiger partial charge >= 0.3 is 0 Å². The Balaban J connectivity index is 2.41. The van der Waals surface area contributed by atoms with Crippen LogP contribution in [0.25, 0.3) is 6.08 Å². The second-order valence-corrected chi connectivity index (χ2v) is 6.19. The quantitative estimate of drug-likeness (QED) is 0.616. The molecule has 0 unspecified atom stereocenters. The summed E-state index contributed by atoms with van der Waals surface area (Å²) < 4.78 is 0. The van der Waals surface area contributed by atoms with Gasteiger partial charge in [0, 0.05) is 19.8 Å². The Kier molecular flexibility index (Phi) is 5.92. The molecule has 0 aromatic heterocycles. The van der Waals surface area contributed by atoms with Crippen molar-refractivity contribution in [3.63, 3.8) is 0 Å². The molecule has 0 spiro atoms. The minimum Gasteiger partial charge on any atom is -0.313 e. The number of carbonyl (C=O) groups excluding carboxylic acids is 2. The van der Waals surface area contributed by atoms with Crippen LogP contribution in [0.15, 0.2) is 48.2 Å². The lowest BCUT2D eigenvalue weighted by Gasteiger charge is -2.23. The maximum atomic E-state index is 13.0. The molecule has 0 saturated carbocycles. The predicted octanol–water partition coefficient (Wildman–Crippen LogP) is 3.27. The van der Waals surface area contributed by atoms with Gasteiger partial charge in [-0.15, -0.1) is 0 Å². The van der Waals surface area contributed by atoms with Crippen molar-refractivity contribution < 1.29 is 9.59 Å². The smallest absolute Gasteiger partial charge is 0.274 e. The Morgan fingerprint density at radius 3 is 2.12 bits per heavy atom. The number of benzene rings is 2. The number of carbonyl (C=O) groups is 2. The number of nitrogens with zero attached hydrogens (tertiary/aromatic N) is 3. The van der Waals surface area contributed by atoms with Gasteiger partial charge in [-0.1, -0.05) is 18.2 Å². The number of aryl methyl sites for hydroxylation is 2. The van der Waals surface area contributed by atoms with Crippen molar-refractivity contribution in [3.8, 4) is 6.07 Å². The Hall–Kier alpha value is -3.39. The zero-order chi connectivity index (χ0) is 19.3. The number of hydrogen-bond donors (Lipinski definition) is 0. The summed E-state index contributed by atoms with van der Waals surface area (Å²) in [5, 5.41) is 8.89. The molecule has 0 aliphatic rings. The predicted molar refractivity (Wildman–Crippen MR) is 102 cm³/mol. The number of amides is 2. The zero-order valence-corrected chi connectivity index (χ0v) is 15.4. The van der Waals surface area contributed by atoms with Gasteiger partial charge in [-0.25, -0.2) is 0 Å². The fraction of sp³-hybridized carbons (Fsp3) is 0.190. The summed E-state index contributed by atoms with van der Waals surface area (Å²) in [6.45, 7) is 3.94. The second-order valence-electron chi connectivity index (χ2n) is 6.19. The maximum Gasteiger partial charge on any atom is 0.274 e. The third kappa shape index (κ3) is 4.37. The molecule has 2 aromatic carbocycles. The van der Waals surface area contributed by atoms with Gasteiger partial charge < -0.3 is 9.80 Å². The van der Waals surface area contributed by atoms with Crippen molar-refractivity contribution in [2.45, 2.75) is 13.8 Å². The van der Waals surface area contributed by atoms with Gasteiger partial charge in [0.2, 0.25) is 6.41 Å². The van der Waals surface area contributed by atoms with Gasteiger partial charge in [0.15, 0.2) is 0 Å². The third-order valence-corrected chi connectivity index (χ3v) is 4.00. The molecular formula is C21H21N3O2.